The average Bonchev–Trinajstić information content (AvgIpc) is 3.08. The van der Waals surface area contributed by atoms with Gasteiger partial charge in [0.05, 0.1) is 0 Å². The van der Waals surface area contributed by atoms with Gasteiger partial charge in [0.15, 0.2) is 0 Å². The van der Waals surface area contributed by atoms with E-state index in [9.17, 15) is 5.11 Å². The van der Waals surface area contributed by atoms with Crippen LogP contribution in [0.1, 0.15) is 50.3 Å². The molecule has 144 valence electrons. The van der Waals surface area contributed by atoms with E-state index in [0.717, 1.165) is 23.1 Å². The molecule has 0 aromatic heterocycles. The molecule has 0 radical (unpaired) electrons. The Morgan fingerprint density at radius 1 is 0.889 bits per heavy atom. The summed E-state index contributed by atoms with van der Waals surface area (Å²) in [7, 11) is 3.28. The smallest absolute Gasteiger partial charge is 0.222 e. The van der Waals surface area contributed by atoms with Crippen LogP contribution in [-0.2, 0) is 20.9 Å². The zero-order chi connectivity index (χ0) is 19.7. The average molecular weight is 367 g/mol. The minimum absolute atomic E-state index is 0.0401. The topological polar surface area (TPSA) is 38.7 Å². The zero-order valence-electron chi connectivity index (χ0n) is 17.0. The first kappa shape index (κ1) is 19.8. The van der Waals surface area contributed by atoms with E-state index in [-0.39, 0.29) is 5.41 Å². The summed E-state index contributed by atoms with van der Waals surface area (Å²) in [6, 6.07) is 17.7. The van der Waals surface area contributed by atoms with Gasteiger partial charge in [-0.05, 0) is 29.9 Å². The third kappa shape index (κ3) is 3.47. The number of hydrogen-bond donors (Lipinski definition) is 1. The minimum atomic E-state index is -1.08. The molecule has 1 N–H and O–H groups in total. The molecule has 0 bridgehead atoms. The summed E-state index contributed by atoms with van der Waals surface area (Å²) >= 11 is 0. The number of allylic oxidation sites excluding steroid dienone is 1. The quantitative estimate of drug-likeness (QED) is 0.589. The maximum atomic E-state index is 11.6. The summed E-state index contributed by atoms with van der Waals surface area (Å²) in [5.41, 5.74) is 2.84. The SMILES string of the molecule is COC(OC)(c1ccccc1)c1ccccc1C1(O)C=C(C(C)(C)C)CC1. The Labute approximate surface area is 162 Å². The van der Waals surface area contributed by atoms with Gasteiger partial charge in [0.1, 0.15) is 5.60 Å². The molecule has 0 saturated heterocycles. The van der Waals surface area contributed by atoms with Crippen LogP contribution in [0, 0.1) is 5.41 Å². The first-order valence-corrected chi connectivity index (χ1v) is 9.47. The normalized spacial score (nSPS) is 20.6. The monoisotopic (exact) mass is 366 g/mol. The predicted octanol–water partition coefficient (Wildman–Crippen LogP) is 5.13. The summed E-state index contributed by atoms with van der Waals surface area (Å²) in [5.74, 6) is -1.08. The fourth-order valence-electron chi connectivity index (χ4n) is 4.06. The molecule has 3 nitrogen and oxygen atoms in total. The van der Waals surface area contributed by atoms with Crippen molar-refractivity contribution in [3.63, 3.8) is 0 Å². The van der Waals surface area contributed by atoms with Crippen molar-refractivity contribution in [2.75, 3.05) is 14.2 Å². The Bertz CT molecular complexity index is 813. The summed E-state index contributed by atoms with van der Waals surface area (Å²) in [6.45, 7) is 6.57. The fraction of sp³-hybridized carbons (Fsp3) is 0.417. The molecule has 0 heterocycles. The Hall–Kier alpha value is -1.94. The number of methoxy groups -OCH3 is 2. The highest BCUT2D eigenvalue weighted by Gasteiger charge is 2.43. The predicted molar refractivity (Wildman–Crippen MR) is 108 cm³/mol. The van der Waals surface area contributed by atoms with Crippen LogP contribution in [0.4, 0.5) is 0 Å². The van der Waals surface area contributed by atoms with E-state index in [1.165, 1.54) is 5.57 Å². The van der Waals surface area contributed by atoms with Crippen LogP contribution in [0.2, 0.25) is 0 Å². The molecular weight excluding hydrogens is 336 g/mol. The number of ether oxygens (including phenoxy) is 2. The highest BCUT2D eigenvalue weighted by Crippen LogP contribution is 2.47. The van der Waals surface area contributed by atoms with Crippen molar-refractivity contribution < 1.29 is 14.6 Å². The molecule has 0 saturated carbocycles. The zero-order valence-corrected chi connectivity index (χ0v) is 17.0. The first-order chi connectivity index (χ1) is 12.8. The lowest BCUT2D eigenvalue weighted by Crippen LogP contribution is -2.36. The number of hydrogen-bond acceptors (Lipinski definition) is 3. The molecular formula is C24H30O3. The van der Waals surface area contributed by atoms with Crippen molar-refractivity contribution in [1.82, 2.24) is 0 Å². The van der Waals surface area contributed by atoms with E-state index >= 15 is 0 Å². The van der Waals surface area contributed by atoms with Gasteiger partial charge in [0, 0.05) is 25.3 Å². The second-order valence-electron chi connectivity index (χ2n) is 8.28. The van der Waals surface area contributed by atoms with Crippen LogP contribution in [0.5, 0.6) is 0 Å². The van der Waals surface area contributed by atoms with Gasteiger partial charge in [-0.25, -0.2) is 0 Å². The number of benzene rings is 2. The van der Waals surface area contributed by atoms with Crippen LogP contribution in [0.3, 0.4) is 0 Å². The molecule has 1 aliphatic carbocycles. The van der Waals surface area contributed by atoms with Gasteiger partial charge in [-0.15, -0.1) is 0 Å². The van der Waals surface area contributed by atoms with Crippen molar-refractivity contribution in [3.05, 3.63) is 82.9 Å². The van der Waals surface area contributed by atoms with E-state index in [2.05, 4.69) is 20.8 Å². The van der Waals surface area contributed by atoms with E-state index in [0.29, 0.717) is 6.42 Å². The van der Waals surface area contributed by atoms with Crippen molar-refractivity contribution in [2.45, 2.75) is 45.0 Å². The van der Waals surface area contributed by atoms with E-state index in [1.807, 2.05) is 60.7 Å². The fourth-order valence-corrected chi connectivity index (χ4v) is 4.06. The molecule has 2 aromatic carbocycles. The molecule has 27 heavy (non-hydrogen) atoms. The number of rotatable bonds is 5. The lowest BCUT2D eigenvalue weighted by Gasteiger charge is -2.36. The Balaban J connectivity index is 2.18. The van der Waals surface area contributed by atoms with Crippen LogP contribution in [0.15, 0.2) is 66.2 Å². The molecule has 0 spiro atoms. The molecule has 1 atom stereocenters. The van der Waals surface area contributed by atoms with Gasteiger partial charge < -0.3 is 14.6 Å². The van der Waals surface area contributed by atoms with Crippen molar-refractivity contribution >= 4 is 0 Å². The molecule has 0 amide bonds. The third-order valence-corrected chi connectivity index (χ3v) is 5.63. The molecule has 1 unspecified atom stereocenters. The Morgan fingerprint density at radius 2 is 1.48 bits per heavy atom. The van der Waals surface area contributed by atoms with Crippen molar-refractivity contribution in [1.29, 1.82) is 0 Å². The Morgan fingerprint density at radius 3 is 2.04 bits per heavy atom. The van der Waals surface area contributed by atoms with Crippen LogP contribution in [0.25, 0.3) is 0 Å². The first-order valence-electron chi connectivity index (χ1n) is 9.47. The number of aliphatic hydroxyl groups is 1. The van der Waals surface area contributed by atoms with E-state index in [1.54, 1.807) is 14.2 Å². The lowest BCUT2D eigenvalue weighted by molar-refractivity contribution is -0.185. The highest BCUT2D eigenvalue weighted by molar-refractivity contribution is 5.46. The maximum Gasteiger partial charge on any atom is 0.222 e. The standard InChI is InChI=1S/C24H30O3/c1-22(2,3)19-15-16-23(25,17-19)20-13-9-10-14-21(20)24(26-4,27-5)18-11-7-6-8-12-18/h6-14,17,25H,15-16H2,1-5H3. The van der Waals surface area contributed by atoms with E-state index < -0.39 is 11.4 Å². The van der Waals surface area contributed by atoms with Crippen molar-refractivity contribution in [3.8, 4) is 0 Å². The third-order valence-electron chi connectivity index (χ3n) is 5.63. The molecule has 0 fully saturated rings. The van der Waals surface area contributed by atoms with Gasteiger partial charge in [0.2, 0.25) is 5.79 Å². The van der Waals surface area contributed by atoms with Gasteiger partial charge >= 0.3 is 0 Å². The van der Waals surface area contributed by atoms with Gasteiger partial charge in [-0.2, -0.15) is 0 Å². The van der Waals surface area contributed by atoms with E-state index in [4.69, 9.17) is 9.47 Å². The molecule has 0 aliphatic heterocycles. The van der Waals surface area contributed by atoms with Gasteiger partial charge in [-0.3, -0.25) is 0 Å². The largest absolute Gasteiger partial charge is 0.381 e. The van der Waals surface area contributed by atoms with Gasteiger partial charge in [-0.1, -0.05) is 80.9 Å². The summed E-state index contributed by atoms with van der Waals surface area (Å²) in [6.07, 6.45) is 3.58. The lowest BCUT2D eigenvalue weighted by atomic mass is 9.83. The highest BCUT2D eigenvalue weighted by atomic mass is 16.7. The van der Waals surface area contributed by atoms with Gasteiger partial charge in [0.25, 0.3) is 0 Å². The van der Waals surface area contributed by atoms with Crippen LogP contribution in [-0.4, -0.2) is 19.3 Å². The van der Waals surface area contributed by atoms with Crippen LogP contribution >= 0.6 is 0 Å². The molecule has 3 heteroatoms. The second kappa shape index (κ2) is 7.23. The minimum Gasteiger partial charge on any atom is -0.381 e. The molecule has 3 rings (SSSR count). The second-order valence-corrected chi connectivity index (χ2v) is 8.28. The molecule has 1 aliphatic rings. The summed E-state index contributed by atoms with van der Waals surface area (Å²) in [5, 5.41) is 11.6. The Kier molecular flexibility index (Phi) is 5.31. The molecule has 2 aromatic rings. The maximum absolute atomic E-state index is 11.6. The van der Waals surface area contributed by atoms with Crippen molar-refractivity contribution in [2.24, 2.45) is 5.41 Å². The summed E-state index contributed by atoms with van der Waals surface area (Å²) < 4.78 is 11.9. The van der Waals surface area contributed by atoms with Crippen LogP contribution < -0.4 is 0 Å². The summed E-state index contributed by atoms with van der Waals surface area (Å²) in [4.78, 5) is 0.